The summed E-state index contributed by atoms with van der Waals surface area (Å²) in [5.41, 5.74) is 1.71. The number of hydrogen-bond donors (Lipinski definition) is 2. The van der Waals surface area contributed by atoms with E-state index in [0.717, 1.165) is 11.3 Å². The number of carbonyl (C=O) groups excluding carboxylic acids is 1. The van der Waals surface area contributed by atoms with E-state index in [1.165, 1.54) is 11.8 Å². The molecular weight excluding hydrogens is 284 g/mol. The van der Waals surface area contributed by atoms with Gasteiger partial charge in [-0.05, 0) is 17.7 Å². The van der Waals surface area contributed by atoms with Gasteiger partial charge in [0.1, 0.15) is 0 Å². The standard InChI is InChI=1S/C16H18N2O2S/c19-15(13-6-2-1-3-7-13)11-21-12-16(20)18-10-14-8-4-5-9-17-14/h1-9,15,19H,10-12H2,(H,18,20)/t15-/m1/s1. The maximum atomic E-state index is 11.7. The van der Waals surface area contributed by atoms with Crippen LogP contribution in [0.15, 0.2) is 54.7 Å². The topological polar surface area (TPSA) is 62.2 Å². The Kier molecular flexibility index (Phi) is 6.24. The first-order valence-corrected chi connectivity index (χ1v) is 7.88. The zero-order valence-electron chi connectivity index (χ0n) is 11.6. The van der Waals surface area contributed by atoms with Crippen LogP contribution < -0.4 is 5.32 Å². The minimum Gasteiger partial charge on any atom is -0.388 e. The van der Waals surface area contributed by atoms with Gasteiger partial charge in [0.05, 0.1) is 24.1 Å². The number of pyridine rings is 1. The number of nitrogens with one attached hydrogen (secondary N) is 1. The normalized spacial score (nSPS) is 11.9. The van der Waals surface area contributed by atoms with E-state index in [-0.39, 0.29) is 5.91 Å². The molecule has 2 N–H and O–H groups in total. The summed E-state index contributed by atoms with van der Waals surface area (Å²) in [6.07, 6.45) is 1.16. The van der Waals surface area contributed by atoms with Gasteiger partial charge in [0.15, 0.2) is 0 Å². The van der Waals surface area contributed by atoms with Crippen LogP contribution in [0.3, 0.4) is 0 Å². The number of nitrogens with zero attached hydrogens (tertiary/aromatic N) is 1. The summed E-state index contributed by atoms with van der Waals surface area (Å²) in [5, 5.41) is 12.8. The first-order valence-electron chi connectivity index (χ1n) is 6.73. The summed E-state index contributed by atoms with van der Waals surface area (Å²) in [4.78, 5) is 15.8. The predicted octanol–water partition coefficient (Wildman–Crippen LogP) is 2.16. The number of carbonyl (C=O) groups is 1. The third-order valence-electron chi connectivity index (χ3n) is 2.89. The second kappa shape index (κ2) is 8.44. The monoisotopic (exact) mass is 302 g/mol. The summed E-state index contributed by atoms with van der Waals surface area (Å²) < 4.78 is 0. The molecular formula is C16H18N2O2S. The average molecular weight is 302 g/mol. The second-order valence-corrected chi connectivity index (χ2v) is 5.57. The maximum absolute atomic E-state index is 11.7. The van der Waals surface area contributed by atoms with Crippen molar-refractivity contribution in [1.82, 2.24) is 10.3 Å². The highest BCUT2D eigenvalue weighted by Crippen LogP contribution is 2.17. The molecule has 0 aliphatic heterocycles. The highest BCUT2D eigenvalue weighted by molar-refractivity contribution is 7.99. The molecule has 1 amide bonds. The van der Waals surface area contributed by atoms with Gasteiger partial charge in [0.25, 0.3) is 0 Å². The average Bonchev–Trinajstić information content (AvgIpc) is 2.54. The number of aliphatic hydroxyl groups is 1. The van der Waals surface area contributed by atoms with Gasteiger partial charge in [-0.1, -0.05) is 36.4 Å². The Balaban J connectivity index is 1.65. The Morgan fingerprint density at radius 2 is 1.95 bits per heavy atom. The molecule has 0 saturated heterocycles. The number of aromatic nitrogens is 1. The smallest absolute Gasteiger partial charge is 0.230 e. The summed E-state index contributed by atoms with van der Waals surface area (Å²) in [6.45, 7) is 0.432. The van der Waals surface area contributed by atoms with Crippen molar-refractivity contribution in [3.05, 3.63) is 66.0 Å². The van der Waals surface area contributed by atoms with Crippen LogP contribution in [0.5, 0.6) is 0 Å². The van der Waals surface area contributed by atoms with Gasteiger partial charge in [0, 0.05) is 11.9 Å². The molecule has 0 spiro atoms. The molecule has 0 bridgehead atoms. The van der Waals surface area contributed by atoms with Crippen LogP contribution >= 0.6 is 11.8 Å². The molecule has 1 heterocycles. The summed E-state index contributed by atoms with van der Waals surface area (Å²) >= 11 is 1.42. The molecule has 110 valence electrons. The van der Waals surface area contributed by atoms with E-state index >= 15 is 0 Å². The highest BCUT2D eigenvalue weighted by Gasteiger charge is 2.08. The van der Waals surface area contributed by atoms with Crippen molar-refractivity contribution in [1.29, 1.82) is 0 Å². The Morgan fingerprint density at radius 3 is 2.67 bits per heavy atom. The zero-order valence-corrected chi connectivity index (χ0v) is 12.4. The highest BCUT2D eigenvalue weighted by atomic mass is 32.2. The van der Waals surface area contributed by atoms with Crippen LogP contribution in [0.4, 0.5) is 0 Å². The molecule has 0 fully saturated rings. The van der Waals surface area contributed by atoms with Crippen molar-refractivity contribution in [3.8, 4) is 0 Å². The minimum absolute atomic E-state index is 0.0501. The fourth-order valence-corrected chi connectivity index (χ4v) is 2.60. The molecule has 0 radical (unpaired) electrons. The van der Waals surface area contributed by atoms with E-state index in [2.05, 4.69) is 10.3 Å². The number of hydrogen-bond acceptors (Lipinski definition) is 4. The van der Waals surface area contributed by atoms with Crippen molar-refractivity contribution in [2.24, 2.45) is 0 Å². The largest absolute Gasteiger partial charge is 0.388 e. The molecule has 5 heteroatoms. The number of amides is 1. The summed E-state index contributed by atoms with van der Waals surface area (Å²) in [5.74, 6) is 0.781. The third-order valence-corrected chi connectivity index (χ3v) is 3.90. The number of aliphatic hydroxyl groups excluding tert-OH is 1. The molecule has 21 heavy (non-hydrogen) atoms. The van der Waals surface area contributed by atoms with Gasteiger partial charge in [0.2, 0.25) is 5.91 Å². The lowest BCUT2D eigenvalue weighted by atomic mass is 10.1. The van der Waals surface area contributed by atoms with E-state index in [0.29, 0.717) is 18.1 Å². The molecule has 1 aromatic heterocycles. The molecule has 2 aromatic rings. The van der Waals surface area contributed by atoms with Gasteiger partial charge in [-0.25, -0.2) is 0 Å². The van der Waals surface area contributed by atoms with Crippen molar-refractivity contribution < 1.29 is 9.90 Å². The van der Waals surface area contributed by atoms with Crippen LogP contribution in [-0.4, -0.2) is 27.5 Å². The molecule has 0 aliphatic rings. The van der Waals surface area contributed by atoms with Crippen LogP contribution in [0.25, 0.3) is 0 Å². The molecule has 0 unspecified atom stereocenters. The lowest BCUT2D eigenvalue weighted by Crippen LogP contribution is -2.25. The summed E-state index contributed by atoms with van der Waals surface area (Å²) in [7, 11) is 0. The van der Waals surface area contributed by atoms with Crippen molar-refractivity contribution in [3.63, 3.8) is 0 Å². The van der Waals surface area contributed by atoms with Crippen molar-refractivity contribution in [2.75, 3.05) is 11.5 Å². The second-order valence-electron chi connectivity index (χ2n) is 4.54. The first kappa shape index (κ1) is 15.5. The SMILES string of the molecule is O=C(CSC[C@@H](O)c1ccccc1)NCc1ccccn1. The molecule has 0 saturated carbocycles. The van der Waals surface area contributed by atoms with Gasteiger partial charge >= 0.3 is 0 Å². The van der Waals surface area contributed by atoms with Crippen molar-refractivity contribution >= 4 is 17.7 Å². The van der Waals surface area contributed by atoms with Crippen LogP contribution in [0.1, 0.15) is 17.4 Å². The van der Waals surface area contributed by atoms with Gasteiger partial charge in [-0.3, -0.25) is 9.78 Å². The summed E-state index contributed by atoms with van der Waals surface area (Å²) in [6, 6.07) is 15.1. The van der Waals surface area contributed by atoms with Crippen molar-refractivity contribution in [2.45, 2.75) is 12.6 Å². The fourth-order valence-electron chi connectivity index (χ4n) is 1.78. The van der Waals surface area contributed by atoms with E-state index in [1.54, 1.807) is 6.20 Å². The first-order chi connectivity index (χ1) is 10.3. The number of rotatable bonds is 7. The maximum Gasteiger partial charge on any atom is 0.230 e. The van der Waals surface area contributed by atoms with E-state index in [4.69, 9.17) is 0 Å². The zero-order chi connectivity index (χ0) is 14.9. The Bertz CT molecular complexity index is 549. The van der Waals surface area contributed by atoms with Crippen LogP contribution in [0, 0.1) is 0 Å². The molecule has 4 nitrogen and oxygen atoms in total. The van der Waals surface area contributed by atoms with E-state index in [9.17, 15) is 9.90 Å². The third kappa shape index (κ3) is 5.57. The lowest BCUT2D eigenvalue weighted by molar-refractivity contribution is -0.118. The Labute approximate surface area is 128 Å². The quantitative estimate of drug-likeness (QED) is 0.823. The Morgan fingerprint density at radius 1 is 1.19 bits per heavy atom. The number of thioether (sulfide) groups is 1. The molecule has 0 aliphatic carbocycles. The van der Waals surface area contributed by atoms with Gasteiger partial charge in [-0.2, -0.15) is 0 Å². The van der Waals surface area contributed by atoms with Gasteiger partial charge < -0.3 is 10.4 Å². The van der Waals surface area contributed by atoms with Crippen LogP contribution in [0.2, 0.25) is 0 Å². The predicted molar refractivity (Wildman–Crippen MR) is 84.8 cm³/mol. The molecule has 1 aromatic carbocycles. The fraction of sp³-hybridized carbons (Fsp3) is 0.250. The van der Waals surface area contributed by atoms with Gasteiger partial charge in [-0.15, -0.1) is 11.8 Å². The molecule has 1 atom stereocenters. The lowest BCUT2D eigenvalue weighted by Gasteiger charge is -2.10. The Hall–Kier alpha value is -1.85. The number of benzene rings is 1. The van der Waals surface area contributed by atoms with E-state index in [1.807, 2.05) is 48.5 Å². The minimum atomic E-state index is -0.542. The molecule has 2 rings (SSSR count). The van der Waals surface area contributed by atoms with Crippen LogP contribution in [-0.2, 0) is 11.3 Å². The van der Waals surface area contributed by atoms with E-state index < -0.39 is 6.10 Å².